The third-order valence-corrected chi connectivity index (χ3v) is 1.67. The van der Waals surface area contributed by atoms with Crippen molar-refractivity contribution in [2.24, 2.45) is 5.73 Å². The van der Waals surface area contributed by atoms with E-state index in [1.807, 2.05) is 0 Å². The summed E-state index contributed by atoms with van der Waals surface area (Å²) in [5, 5.41) is 9.36. The van der Waals surface area contributed by atoms with Gasteiger partial charge in [0.05, 0.1) is 6.10 Å². The first-order valence-electron chi connectivity index (χ1n) is 4.62. The molecule has 0 aromatic heterocycles. The molecule has 2 atom stereocenters. The predicted octanol–water partition coefficient (Wildman–Crippen LogP) is 0.408. The zero-order chi connectivity index (χ0) is 11.0. The summed E-state index contributed by atoms with van der Waals surface area (Å²) in [5.74, 6) is -0.449. The summed E-state index contributed by atoms with van der Waals surface area (Å²) in [6.45, 7) is 5.31. The maximum atomic E-state index is 10.8. The number of hydrogen-bond acceptors (Lipinski definition) is 4. The fourth-order valence-corrected chi connectivity index (χ4v) is 0.898. The number of ether oxygens (including phenoxy) is 1. The van der Waals surface area contributed by atoms with Crippen LogP contribution in [0, 0.1) is 6.92 Å². The Bertz CT molecular complexity index is 192. The van der Waals surface area contributed by atoms with E-state index >= 15 is 0 Å². The second kappa shape index (κ2) is 7.53. The Morgan fingerprint density at radius 1 is 1.71 bits per heavy atom. The first-order valence-corrected chi connectivity index (χ1v) is 4.62. The molecule has 14 heavy (non-hydrogen) atoms. The van der Waals surface area contributed by atoms with E-state index in [1.54, 1.807) is 13.0 Å². The van der Waals surface area contributed by atoms with Gasteiger partial charge in [-0.05, 0) is 19.8 Å². The number of rotatable bonds is 6. The van der Waals surface area contributed by atoms with Crippen LogP contribution in [0.5, 0.6) is 0 Å². The highest BCUT2D eigenvalue weighted by Crippen LogP contribution is 2.00. The molecular formula is C10H18NO3. The summed E-state index contributed by atoms with van der Waals surface area (Å²) in [6.07, 6.45) is 3.12. The summed E-state index contributed by atoms with van der Waals surface area (Å²) in [4.78, 5) is 10.8. The quantitative estimate of drug-likeness (QED) is 0.481. The lowest BCUT2D eigenvalue weighted by Gasteiger charge is -2.14. The second-order valence-electron chi connectivity index (χ2n) is 3.07. The van der Waals surface area contributed by atoms with Crippen molar-refractivity contribution in [3.05, 3.63) is 19.1 Å². The Balaban J connectivity index is 3.63. The molecule has 4 nitrogen and oxygen atoms in total. The summed E-state index contributed by atoms with van der Waals surface area (Å²) < 4.78 is 4.74. The fourth-order valence-electron chi connectivity index (χ4n) is 0.898. The molecule has 0 rings (SSSR count). The van der Waals surface area contributed by atoms with Gasteiger partial charge in [0.1, 0.15) is 6.61 Å². The number of esters is 1. The number of allylic oxidation sites excluding steroid dienone is 1. The molecule has 2 unspecified atom stereocenters. The van der Waals surface area contributed by atoms with Gasteiger partial charge in [0, 0.05) is 12.1 Å². The lowest BCUT2D eigenvalue weighted by molar-refractivity contribution is -0.140. The third-order valence-electron chi connectivity index (χ3n) is 1.67. The van der Waals surface area contributed by atoms with Gasteiger partial charge in [0.15, 0.2) is 0 Å². The first-order chi connectivity index (χ1) is 6.60. The monoisotopic (exact) mass is 200 g/mol. The minimum absolute atomic E-state index is 0.0170. The van der Waals surface area contributed by atoms with Gasteiger partial charge in [-0.2, -0.15) is 0 Å². The maximum absolute atomic E-state index is 10.8. The highest BCUT2D eigenvalue weighted by atomic mass is 16.5. The SMILES string of the molecule is [CH2]CC(N)CC(O)COC(=O)C=CC. The molecule has 0 aliphatic heterocycles. The van der Waals surface area contributed by atoms with Crippen LogP contribution in [0.2, 0.25) is 0 Å². The number of nitrogens with two attached hydrogens (primary N) is 1. The van der Waals surface area contributed by atoms with Crippen LogP contribution in [-0.2, 0) is 9.53 Å². The largest absolute Gasteiger partial charge is 0.460 e. The minimum atomic E-state index is -0.707. The Morgan fingerprint density at radius 3 is 2.86 bits per heavy atom. The minimum Gasteiger partial charge on any atom is -0.460 e. The molecule has 0 bridgehead atoms. The van der Waals surface area contributed by atoms with Crippen molar-refractivity contribution in [1.29, 1.82) is 0 Å². The topological polar surface area (TPSA) is 72.6 Å². The van der Waals surface area contributed by atoms with Crippen molar-refractivity contribution in [1.82, 2.24) is 0 Å². The van der Waals surface area contributed by atoms with Gasteiger partial charge in [-0.15, -0.1) is 0 Å². The molecule has 0 saturated heterocycles. The van der Waals surface area contributed by atoms with Gasteiger partial charge in [0.2, 0.25) is 0 Å². The average molecular weight is 200 g/mol. The number of carbonyl (C=O) groups is 1. The van der Waals surface area contributed by atoms with Gasteiger partial charge < -0.3 is 15.6 Å². The van der Waals surface area contributed by atoms with E-state index in [0.29, 0.717) is 12.8 Å². The molecular weight excluding hydrogens is 182 g/mol. The molecule has 0 amide bonds. The van der Waals surface area contributed by atoms with E-state index < -0.39 is 12.1 Å². The molecule has 0 aromatic rings. The standard InChI is InChI=1S/C10H18NO3/c1-3-5-10(13)14-7-9(12)6-8(11)4-2/h3,5,8-9,12H,2,4,6-7,11H2,1H3. The zero-order valence-electron chi connectivity index (χ0n) is 8.48. The van der Waals surface area contributed by atoms with Crippen LogP contribution in [0.3, 0.4) is 0 Å². The smallest absolute Gasteiger partial charge is 0.330 e. The van der Waals surface area contributed by atoms with E-state index in [0.717, 1.165) is 0 Å². The van der Waals surface area contributed by atoms with Gasteiger partial charge in [-0.3, -0.25) is 0 Å². The highest BCUT2D eigenvalue weighted by Gasteiger charge is 2.10. The molecule has 0 fully saturated rings. The van der Waals surface area contributed by atoms with E-state index in [4.69, 9.17) is 10.5 Å². The molecule has 0 aromatic carbocycles. The van der Waals surface area contributed by atoms with Crippen LogP contribution in [0.4, 0.5) is 0 Å². The first kappa shape index (κ1) is 13.1. The highest BCUT2D eigenvalue weighted by molar-refractivity contribution is 5.81. The second-order valence-corrected chi connectivity index (χ2v) is 3.07. The van der Waals surface area contributed by atoms with Crippen LogP contribution in [0.1, 0.15) is 19.8 Å². The normalized spacial score (nSPS) is 15.4. The summed E-state index contributed by atoms with van der Waals surface area (Å²) in [6, 6.07) is -0.148. The molecule has 0 aliphatic carbocycles. The van der Waals surface area contributed by atoms with Gasteiger partial charge in [-0.1, -0.05) is 13.0 Å². The molecule has 4 heteroatoms. The van der Waals surface area contributed by atoms with Crippen molar-refractivity contribution in [2.75, 3.05) is 6.61 Å². The van der Waals surface area contributed by atoms with Crippen LogP contribution in [0.15, 0.2) is 12.2 Å². The Kier molecular flexibility index (Phi) is 7.06. The van der Waals surface area contributed by atoms with Crippen LogP contribution < -0.4 is 5.73 Å². The van der Waals surface area contributed by atoms with E-state index in [9.17, 15) is 9.90 Å². The van der Waals surface area contributed by atoms with E-state index in [-0.39, 0.29) is 12.6 Å². The molecule has 0 heterocycles. The van der Waals surface area contributed by atoms with Crippen molar-refractivity contribution in [2.45, 2.75) is 31.9 Å². The maximum Gasteiger partial charge on any atom is 0.330 e. The number of aliphatic hydroxyl groups is 1. The Labute approximate surface area is 84.7 Å². The van der Waals surface area contributed by atoms with Crippen LogP contribution >= 0.6 is 0 Å². The predicted molar refractivity (Wildman–Crippen MR) is 54.3 cm³/mol. The lowest BCUT2D eigenvalue weighted by atomic mass is 10.1. The molecule has 3 N–H and O–H groups in total. The summed E-state index contributed by atoms with van der Waals surface area (Å²) >= 11 is 0. The molecule has 1 radical (unpaired) electrons. The fraction of sp³-hybridized carbons (Fsp3) is 0.600. The van der Waals surface area contributed by atoms with E-state index in [1.165, 1.54) is 6.08 Å². The average Bonchev–Trinajstić information content (AvgIpc) is 2.15. The van der Waals surface area contributed by atoms with Crippen molar-refractivity contribution < 1.29 is 14.6 Å². The zero-order valence-corrected chi connectivity index (χ0v) is 8.48. The van der Waals surface area contributed by atoms with Crippen molar-refractivity contribution in [3.63, 3.8) is 0 Å². The lowest BCUT2D eigenvalue weighted by Crippen LogP contribution is -2.28. The van der Waals surface area contributed by atoms with E-state index in [2.05, 4.69) is 6.92 Å². The Hall–Kier alpha value is -0.870. The molecule has 0 saturated carbocycles. The third kappa shape index (κ3) is 6.62. The number of hydrogen-bond donors (Lipinski definition) is 2. The van der Waals surface area contributed by atoms with Gasteiger partial charge >= 0.3 is 5.97 Å². The van der Waals surface area contributed by atoms with Crippen molar-refractivity contribution >= 4 is 5.97 Å². The van der Waals surface area contributed by atoms with Gasteiger partial charge in [-0.25, -0.2) is 4.79 Å². The molecule has 81 valence electrons. The van der Waals surface area contributed by atoms with Crippen molar-refractivity contribution in [3.8, 4) is 0 Å². The van der Waals surface area contributed by atoms with Crippen LogP contribution in [0.25, 0.3) is 0 Å². The van der Waals surface area contributed by atoms with Gasteiger partial charge in [0.25, 0.3) is 0 Å². The molecule has 0 aliphatic rings. The summed E-state index contributed by atoms with van der Waals surface area (Å²) in [5.41, 5.74) is 5.56. The number of carbonyl (C=O) groups excluding carboxylic acids is 1. The summed E-state index contributed by atoms with van der Waals surface area (Å²) in [7, 11) is 0. The Morgan fingerprint density at radius 2 is 2.36 bits per heavy atom. The number of aliphatic hydroxyl groups excluding tert-OH is 1. The van der Waals surface area contributed by atoms with Crippen LogP contribution in [-0.4, -0.2) is 29.8 Å². The molecule has 0 spiro atoms.